The largest absolute Gasteiger partial charge is 0.352 e. The number of hydrogen-bond acceptors (Lipinski definition) is 4. The highest BCUT2D eigenvalue weighted by Gasteiger charge is 2.22. The van der Waals surface area contributed by atoms with Crippen LogP contribution in [0, 0.1) is 0 Å². The zero-order chi connectivity index (χ0) is 23.4. The number of aromatic nitrogens is 3. The molecule has 0 bridgehead atoms. The van der Waals surface area contributed by atoms with Gasteiger partial charge >= 0.3 is 0 Å². The summed E-state index contributed by atoms with van der Waals surface area (Å²) >= 11 is 0. The Morgan fingerprint density at radius 2 is 1.70 bits per heavy atom. The molecule has 7 nitrogen and oxygen atoms in total. The molecule has 0 saturated carbocycles. The SMILES string of the molecule is CC(C)(C)c1cc(NC(=O)CCNC(=O)c2ccc3ccccc3c2)n(-c2ccccn2)n1. The fourth-order valence-corrected chi connectivity index (χ4v) is 3.42. The van der Waals surface area contributed by atoms with Crippen LogP contribution in [0.3, 0.4) is 0 Å². The molecule has 2 aromatic carbocycles. The van der Waals surface area contributed by atoms with E-state index in [4.69, 9.17) is 0 Å². The first-order valence-corrected chi connectivity index (χ1v) is 10.9. The fraction of sp³-hybridized carbons (Fsp3) is 0.231. The Balaban J connectivity index is 1.40. The Kier molecular flexibility index (Phi) is 6.22. The summed E-state index contributed by atoms with van der Waals surface area (Å²) in [4.78, 5) is 29.5. The number of hydrogen-bond donors (Lipinski definition) is 2. The summed E-state index contributed by atoms with van der Waals surface area (Å²) in [6.45, 7) is 6.41. The third-order valence-electron chi connectivity index (χ3n) is 5.26. The average Bonchev–Trinajstić information content (AvgIpc) is 3.23. The van der Waals surface area contributed by atoms with Crippen molar-refractivity contribution in [1.82, 2.24) is 20.1 Å². The van der Waals surface area contributed by atoms with Crippen LogP contribution in [0.2, 0.25) is 0 Å². The van der Waals surface area contributed by atoms with Gasteiger partial charge in [-0.3, -0.25) is 9.59 Å². The Bertz CT molecular complexity index is 1290. The van der Waals surface area contributed by atoms with Gasteiger partial charge < -0.3 is 10.6 Å². The highest BCUT2D eigenvalue weighted by Crippen LogP contribution is 2.25. The summed E-state index contributed by atoms with van der Waals surface area (Å²) in [6.07, 6.45) is 1.82. The first-order chi connectivity index (χ1) is 15.8. The van der Waals surface area contributed by atoms with Crippen LogP contribution in [0.1, 0.15) is 43.2 Å². The van der Waals surface area contributed by atoms with E-state index in [2.05, 4.69) is 41.5 Å². The first-order valence-electron chi connectivity index (χ1n) is 10.9. The topological polar surface area (TPSA) is 88.9 Å². The van der Waals surface area contributed by atoms with Gasteiger partial charge in [0.05, 0.1) is 5.69 Å². The number of carbonyl (C=O) groups is 2. The van der Waals surface area contributed by atoms with Gasteiger partial charge in [-0.25, -0.2) is 4.98 Å². The average molecular weight is 442 g/mol. The van der Waals surface area contributed by atoms with Crippen molar-refractivity contribution < 1.29 is 9.59 Å². The molecule has 0 aliphatic heterocycles. The van der Waals surface area contributed by atoms with Crippen LogP contribution in [0.25, 0.3) is 16.6 Å². The molecule has 4 rings (SSSR count). The summed E-state index contributed by atoms with van der Waals surface area (Å²) in [7, 11) is 0. The molecule has 4 aromatic rings. The molecule has 0 atom stereocenters. The van der Waals surface area contributed by atoms with Crippen molar-refractivity contribution in [3.8, 4) is 5.82 Å². The third kappa shape index (κ3) is 5.26. The number of anilines is 1. The lowest BCUT2D eigenvalue weighted by atomic mass is 9.92. The minimum Gasteiger partial charge on any atom is -0.352 e. The maximum Gasteiger partial charge on any atom is 0.251 e. The lowest BCUT2D eigenvalue weighted by Gasteiger charge is -2.13. The van der Waals surface area contributed by atoms with Crippen molar-refractivity contribution in [2.24, 2.45) is 0 Å². The van der Waals surface area contributed by atoms with E-state index in [9.17, 15) is 9.59 Å². The third-order valence-corrected chi connectivity index (χ3v) is 5.26. The second-order valence-corrected chi connectivity index (χ2v) is 8.88. The van der Waals surface area contributed by atoms with Crippen LogP contribution in [0.4, 0.5) is 5.82 Å². The molecule has 0 radical (unpaired) electrons. The van der Waals surface area contributed by atoms with Gasteiger partial charge in [0.25, 0.3) is 5.91 Å². The van der Waals surface area contributed by atoms with E-state index in [1.165, 1.54) is 0 Å². The standard InChI is InChI=1S/C26H27N5O2/c1-26(2,3)21-17-23(31(30-21)22-10-6-7-14-27-22)29-24(32)13-15-28-25(33)20-12-11-18-8-4-5-9-19(18)16-20/h4-12,14,16-17H,13,15H2,1-3H3,(H,28,33)(H,29,32). The van der Waals surface area contributed by atoms with Crippen LogP contribution in [-0.2, 0) is 10.2 Å². The van der Waals surface area contributed by atoms with Crippen molar-refractivity contribution in [3.05, 3.63) is 84.2 Å². The van der Waals surface area contributed by atoms with Gasteiger partial charge in [-0.2, -0.15) is 9.78 Å². The maximum atomic E-state index is 12.6. The smallest absolute Gasteiger partial charge is 0.251 e. The van der Waals surface area contributed by atoms with Crippen molar-refractivity contribution in [3.63, 3.8) is 0 Å². The number of nitrogens with one attached hydrogen (secondary N) is 2. The van der Waals surface area contributed by atoms with Crippen LogP contribution >= 0.6 is 0 Å². The second kappa shape index (κ2) is 9.24. The molecule has 7 heteroatoms. The number of carbonyl (C=O) groups excluding carboxylic acids is 2. The molecule has 0 aliphatic carbocycles. The minimum absolute atomic E-state index is 0.136. The molecule has 2 heterocycles. The van der Waals surface area contributed by atoms with Crippen LogP contribution in [0.15, 0.2) is 72.9 Å². The summed E-state index contributed by atoms with van der Waals surface area (Å²) < 4.78 is 1.63. The maximum absolute atomic E-state index is 12.6. The first kappa shape index (κ1) is 22.2. The van der Waals surface area contributed by atoms with Gasteiger partial charge in [0, 0.05) is 36.2 Å². The molecule has 0 spiro atoms. The van der Waals surface area contributed by atoms with E-state index >= 15 is 0 Å². The van der Waals surface area contributed by atoms with Gasteiger partial charge in [-0.1, -0.05) is 57.2 Å². The summed E-state index contributed by atoms with van der Waals surface area (Å²) in [5.74, 6) is 0.742. The molecule has 2 N–H and O–H groups in total. The number of nitrogens with zero attached hydrogens (tertiary/aromatic N) is 3. The normalized spacial score (nSPS) is 11.4. The van der Waals surface area contributed by atoms with Crippen LogP contribution < -0.4 is 10.6 Å². The molecule has 33 heavy (non-hydrogen) atoms. The number of rotatable bonds is 6. The fourth-order valence-electron chi connectivity index (χ4n) is 3.42. The minimum atomic E-state index is -0.216. The molecule has 2 aromatic heterocycles. The Hall–Kier alpha value is -4.00. The van der Waals surface area contributed by atoms with E-state index in [-0.39, 0.29) is 30.2 Å². The zero-order valence-corrected chi connectivity index (χ0v) is 19.0. The van der Waals surface area contributed by atoms with E-state index in [0.29, 0.717) is 17.2 Å². The van der Waals surface area contributed by atoms with Gasteiger partial charge in [0.1, 0.15) is 5.82 Å². The van der Waals surface area contributed by atoms with Crippen molar-refractivity contribution in [2.75, 3.05) is 11.9 Å². The predicted molar refractivity (Wildman–Crippen MR) is 130 cm³/mol. The molecule has 0 saturated heterocycles. The van der Waals surface area contributed by atoms with Crippen molar-refractivity contribution in [1.29, 1.82) is 0 Å². The number of amides is 2. The Morgan fingerprint density at radius 3 is 2.42 bits per heavy atom. The second-order valence-electron chi connectivity index (χ2n) is 8.88. The van der Waals surface area contributed by atoms with Gasteiger partial charge in [0.15, 0.2) is 5.82 Å². The highest BCUT2D eigenvalue weighted by atomic mass is 16.2. The highest BCUT2D eigenvalue weighted by molar-refractivity contribution is 5.99. The molecule has 168 valence electrons. The van der Waals surface area contributed by atoms with E-state index in [0.717, 1.165) is 16.5 Å². The van der Waals surface area contributed by atoms with Crippen molar-refractivity contribution >= 4 is 28.4 Å². The number of pyridine rings is 1. The monoisotopic (exact) mass is 441 g/mol. The summed E-state index contributed by atoms with van der Waals surface area (Å²) in [6, 6.07) is 20.8. The number of fused-ring (bicyclic) bond motifs is 1. The van der Waals surface area contributed by atoms with Gasteiger partial charge in [0.2, 0.25) is 5.91 Å². The Morgan fingerprint density at radius 1 is 0.939 bits per heavy atom. The Labute approximate surface area is 192 Å². The van der Waals surface area contributed by atoms with E-state index in [1.54, 1.807) is 16.9 Å². The van der Waals surface area contributed by atoms with Gasteiger partial charge in [-0.05, 0) is 35.0 Å². The zero-order valence-electron chi connectivity index (χ0n) is 19.0. The molecule has 0 unspecified atom stereocenters. The summed E-state index contributed by atoms with van der Waals surface area (Å²) in [5.41, 5.74) is 1.22. The predicted octanol–water partition coefficient (Wildman–Crippen LogP) is 4.48. The number of benzene rings is 2. The molecule has 0 fully saturated rings. The molecule has 2 amide bonds. The van der Waals surface area contributed by atoms with Crippen LogP contribution in [0.5, 0.6) is 0 Å². The van der Waals surface area contributed by atoms with Crippen molar-refractivity contribution in [2.45, 2.75) is 32.6 Å². The molecule has 0 aliphatic rings. The summed E-state index contributed by atoms with van der Waals surface area (Å²) in [5, 5.41) is 12.5. The van der Waals surface area contributed by atoms with Gasteiger partial charge in [-0.15, -0.1) is 0 Å². The van der Waals surface area contributed by atoms with Crippen LogP contribution in [-0.4, -0.2) is 33.1 Å². The lowest BCUT2D eigenvalue weighted by Crippen LogP contribution is -2.28. The van der Waals surface area contributed by atoms with E-state index in [1.807, 2.05) is 60.7 Å². The molecular formula is C26H27N5O2. The lowest BCUT2D eigenvalue weighted by molar-refractivity contribution is -0.116. The molecular weight excluding hydrogens is 414 g/mol. The van der Waals surface area contributed by atoms with E-state index < -0.39 is 0 Å². The quantitative estimate of drug-likeness (QED) is 0.462.